The fourth-order valence-electron chi connectivity index (χ4n) is 2.81. The number of esters is 1. The Kier molecular flexibility index (Phi) is 3.75. The normalized spacial score (nSPS) is 12.1. The van der Waals surface area contributed by atoms with Gasteiger partial charge in [0.15, 0.2) is 12.4 Å². The van der Waals surface area contributed by atoms with E-state index in [4.69, 9.17) is 18.4 Å². The van der Waals surface area contributed by atoms with Crippen LogP contribution in [0.4, 0.5) is 0 Å². The Morgan fingerprint density at radius 3 is 3.04 bits per heavy atom. The molecule has 5 rings (SSSR count). The Morgan fingerprint density at radius 2 is 2.15 bits per heavy atom. The quantitative estimate of drug-likeness (QED) is 0.488. The van der Waals surface area contributed by atoms with Gasteiger partial charge in [0.05, 0.1) is 6.26 Å². The van der Waals surface area contributed by atoms with Crippen molar-refractivity contribution in [1.29, 1.82) is 0 Å². The molecule has 0 fully saturated rings. The minimum Gasteiger partial charge on any atom is -0.488 e. The van der Waals surface area contributed by atoms with E-state index in [1.165, 1.54) is 17.6 Å². The van der Waals surface area contributed by atoms with E-state index in [2.05, 4.69) is 10.1 Å². The first-order chi connectivity index (χ1) is 13.3. The van der Waals surface area contributed by atoms with E-state index in [1.54, 1.807) is 12.1 Å². The molecule has 0 spiro atoms. The lowest BCUT2D eigenvalue weighted by Gasteiger charge is -2.16. The van der Waals surface area contributed by atoms with Crippen LogP contribution >= 0.6 is 11.3 Å². The fourth-order valence-corrected chi connectivity index (χ4v) is 3.91. The van der Waals surface area contributed by atoms with Crippen molar-refractivity contribution in [2.24, 2.45) is 0 Å². The number of furan rings is 1. The van der Waals surface area contributed by atoms with Crippen LogP contribution in [0.5, 0.6) is 5.75 Å². The summed E-state index contributed by atoms with van der Waals surface area (Å²) in [5.74, 6) is 1.36. The molecule has 4 aromatic rings. The van der Waals surface area contributed by atoms with Crippen molar-refractivity contribution in [3.8, 4) is 27.8 Å². The van der Waals surface area contributed by atoms with E-state index < -0.39 is 5.97 Å². The van der Waals surface area contributed by atoms with Crippen molar-refractivity contribution >= 4 is 17.3 Å². The summed E-state index contributed by atoms with van der Waals surface area (Å²) < 4.78 is 21.3. The third kappa shape index (κ3) is 2.89. The number of hydrogen-bond acceptors (Lipinski definition) is 8. The Bertz CT molecular complexity index is 1110. The lowest BCUT2D eigenvalue weighted by Crippen LogP contribution is -2.04. The highest BCUT2D eigenvalue weighted by Crippen LogP contribution is 2.42. The zero-order valence-electron chi connectivity index (χ0n) is 13.9. The standard InChI is InChI=1S/C19H12N2O5S/c22-19(25-10-16-20-18(26-21-16)14-6-3-7-23-14)15-8-11-9-24-13-5-2-1-4-12(13)17(11)27-15/h1-8H,9-10H2. The van der Waals surface area contributed by atoms with E-state index in [0.29, 0.717) is 17.2 Å². The second kappa shape index (κ2) is 6.40. The maximum Gasteiger partial charge on any atom is 0.348 e. The van der Waals surface area contributed by atoms with Crippen molar-refractivity contribution in [3.63, 3.8) is 0 Å². The number of hydrogen-bond donors (Lipinski definition) is 0. The van der Waals surface area contributed by atoms with Crippen LogP contribution in [0.2, 0.25) is 0 Å². The Morgan fingerprint density at radius 1 is 1.22 bits per heavy atom. The average Bonchev–Trinajstić information content (AvgIpc) is 3.45. The summed E-state index contributed by atoms with van der Waals surface area (Å²) in [4.78, 5) is 18.1. The van der Waals surface area contributed by atoms with Gasteiger partial charge >= 0.3 is 5.97 Å². The van der Waals surface area contributed by atoms with Crippen molar-refractivity contribution in [2.45, 2.75) is 13.2 Å². The highest BCUT2D eigenvalue weighted by atomic mass is 32.1. The highest BCUT2D eigenvalue weighted by Gasteiger charge is 2.23. The Labute approximate surface area is 157 Å². The molecule has 0 aliphatic carbocycles. The van der Waals surface area contributed by atoms with E-state index >= 15 is 0 Å². The van der Waals surface area contributed by atoms with Crippen molar-refractivity contribution < 1.29 is 23.2 Å². The molecule has 0 unspecified atom stereocenters. The molecular formula is C19H12N2O5S. The highest BCUT2D eigenvalue weighted by molar-refractivity contribution is 7.17. The molecule has 1 aliphatic rings. The molecule has 8 heteroatoms. The van der Waals surface area contributed by atoms with E-state index in [-0.39, 0.29) is 18.3 Å². The van der Waals surface area contributed by atoms with Gasteiger partial charge in [-0.15, -0.1) is 11.3 Å². The zero-order valence-corrected chi connectivity index (χ0v) is 14.7. The summed E-state index contributed by atoms with van der Waals surface area (Å²) in [6.45, 7) is 0.353. The summed E-state index contributed by atoms with van der Waals surface area (Å²) in [7, 11) is 0. The predicted molar refractivity (Wildman–Crippen MR) is 95.2 cm³/mol. The molecule has 0 bridgehead atoms. The average molecular weight is 380 g/mol. The fraction of sp³-hybridized carbons (Fsp3) is 0.105. The van der Waals surface area contributed by atoms with Crippen molar-refractivity contribution in [1.82, 2.24) is 10.1 Å². The van der Waals surface area contributed by atoms with E-state index in [0.717, 1.165) is 21.8 Å². The van der Waals surface area contributed by atoms with Crippen LogP contribution in [-0.4, -0.2) is 16.1 Å². The summed E-state index contributed by atoms with van der Waals surface area (Å²) in [6.07, 6.45) is 1.51. The number of para-hydroxylation sites is 1. The van der Waals surface area contributed by atoms with Gasteiger partial charge in [-0.1, -0.05) is 17.3 Å². The number of rotatable bonds is 4. The molecule has 0 amide bonds. The van der Waals surface area contributed by atoms with Crippen LogP contribution in [-0.2, 0) is 18.0 Å². The van der Waals surface area contributed by atoms with Crippen LogP contribution in [0.1, 0.15) is 21.1 Å². The van der Waals surface area contributed by atoms with E-state index in [1.807, 2.05) is 30.3 Å². The monoisotopic (exact) mass is 380 g/mol. The van der Waals surface area contributed by atoms with Gasteiger partial charge in [0.1, 0.15) is 17.2 Å². The maximum atomic E-state index is 12.4. The first-order valence-electron chi connectivity index (χ1n) is 8.16. The lowest BCUT2D eigenvalue weighted by atomic mass is 10.1. The van der Waals surface area contributed by atoms with Gasteiger partial charge < -0.3 is 18.4 Å². The summed E-state index contributed by atoms with van der Waals surface area (Å²) >= 11 is 1.39. The second-order valence-corrected chi connectivity index (χ2v) is 6.87. The van der Waals surface area contributed by atoms with E-state index in [9.17, 15) is 4.79 Å². The Balaban J connectivity index is 1.31. The van der Waals surface area contributed by atoms with Crippen molar-refractivity contribution in [3.05, 3.63) is 65.0 Å². The Hall–Kier alpha value is -3.39. The number of thiophene rings is 1. The van der Waals surface area contributed by atoms with Gasteiger partial charge in [0, 0.05) is 16.0 Å². The summed E-state index contributed by atoms with van der Waals surface area (Å²) in [5.41, 5.74) is 1.97. The van der Waals surface area contributed by atoms with Gasteiger partial charge in [-0.05, 0) is 30.3 Å². The predicted octanol–water partition coefficient (Wildman–Crippen LogP) is 4.31. The molecule has 3 aromatic heterocycles. The number of carbonyl (C=O) groups is 1. The van der Waals surface area contributed by atoms with Gasteiger partial charge in [0.2, 0.25) is 5.82 Å². The summed E-state index contributed by atoms with van der Waals surface area (Å²) in [6, 6.07) is 13.0. The topological polar surface area (TPSA) is 87.6 Å². The smallest absolute Gasteiger partial charge is 0.348 e. The summed E-state index contributed by atoms with van der Waals surface area (Å²) in [5, 5.41) is 3.79. The molecule has 0 N–H and O–H groups in total. The number of fused-ring (bicyclic) bond motifs is 3. The largest absolute Gasteiger partial charge is 0.488 e. The van der Waals surface area contributed by atoms with Crippen LogP contribution < -0.4 is 4.74 Å². The molecule has 4 heterocycles. The van der Waals surface area contributed by atoms with Crippen LogP contribution in [0, 0.1) is 0 Å². The molecule has 7 nitrogen and oxygen atoms in total. The number of aromatic nitrogens is 2. The SMILES string of the molecule is O=C(OCc1noc(-c2ccco2)n1)c1cc2c(s1)-c1ccccc1OC2. The van der Waals surface area contributed by atoms with Crippen LogP contribution in [0.25, 0.3) is 22.1 Å². The third-order valence-electron chi connectivity index (χ3n) is 4.06. The molecule has 0 atom stereocenters. The molecule has 0 saturated heterocycles. The first kappa shape index (κ1) is 15.8. The minimum absolute atomic E-state index is 0.0846. The third-order valence-corrected chi connectivity index (χ3v) is 5.25. The molecule has 1 aromatic carbocycles. The van der Waals surface area contributed by atoms with Gasteiger partial charge in [-0.25, -0.2) is 4.79 Å². The molecule has 27 heavy (non-hydrogen) atoms. The molecule has 0 saturated carbocycles. The number of ether oxygens (including phenoxy) is 2. The molecule has 1 aliphatic heterocycles. The first-order valence-corrected chi connectivity index (χ1v) is 8.98. The number of carbonyl (C=O) groups excluding carboxylic acids is 1. The van der Waals surface area contributed by atoms with Gasteiger partial charge in [-0.3, -0.25) is 0 Å². The van der Waals surface area contributed by atoms with Gasteiger partial charge in [-0.2, -0.15) is 4.98 Å². The lowest BCUT2D eigenvalue weighted by molar-refractivity contribution is 0.0465. The van der Waals surface area contributed by atoms with Crippen molar-refractivity contribution in [2.75, 3.05) is 0 Å². The zero-order chi connectivity index (χ0) is 18.2. The maximum absolute atomic E-state index is 12.4. The van der Waals surface area contributed by atoms with Crippen LogP contribution in [0.3, 0.4) is 0 Å². The molecule has 134 valence electrons. The van der Waals surface area contributed by atoms with Crippen LogP contribution in [0.15, 0.2) is 57.7 Å². The minimum atomic E-state index is -0.434. The number of benzene rings is 1. The molecular weight excluding hydrogens is 368 g/mol. The van der Waals surface area contributed by atoms with Gasteiger partial charge in [0.25, 0.3) is 5.89 Å². The molecule has 0 radical (unpaired) electrons. The second-order valence-electron chi connectivity index (χ2n) is 5.82. The number of nitrogens with zero attached hydrogens (tertiary/aromatic N) is 2.